The Labute approximate surface area is 172 Å². The maximum atomic E-state index is 14.7. The van der Waals surface area contributed by atoms with E-state index in [4.69, 9.17) is 16.2 Å². The maximum absolute atomic E-state index is 14.7. The van der Waals surface area contributed by atoms with Crippen LogP contribution in [0.2, 0.25) is 0 Å². The van der Waals surface area contributed by atoms with Gasteiger partial charge in [0, 0.05) is 42.5 Å². The molecular formula is C21H22F2N6O. The second kappa shape index (κ2) is 8.11. The zero-order chi connectivity index (χ0) is 21.3. The number of hydrogen-bond acceptors (Lipinski definition) is 6. The fourth-order valence-electron chi connectivity index (χ4n) is 3.53. The summed E-state index contributed by atoms with van der Waals surface area (Å²) in [6, 6.07) is 5.94. The molecule has 3 aromatic rings. The van der Waals surface area contributed by atoms with E-state index in [-0.39, 0.29) is 25.4 Å². The lowest BCUT2D eigenvalue weighted by Crippen LogP contribution is -2.21. The molecule has 30 heavy (non-hydrogen) atoms. The summed E-state index contributed by atoms with van der Waals surface area (Å²) in [4.78, 5) is 4.23. The Bertz CT molecular complexity index is 1120. The molecule has 1 aliphatic heterocycles. The van der Waals surface area contributed by atoms with E-state index in [1.165, 1.54) is 16.8 Å². The number of pyridine rings is 1. The zero-order valence-electron chi connectivity index (χ0n) is 16.5. The van der Waals surface area contributed by atoms with Crippen LogP contribution in [0, 0.1) is 11.6 Å². The third kappa shape index (κ3) is 3.59. The first-order valence-corrected chi connectivity index (χ1v) is 9.57. The molecule has 1 aromatic carbocycles. The molecule has 3 heterocycles. The molecule has 9 heteroatoms. The van der Waals surface area contributed by atoms with Crippen molar-refractivity contribution in [2.24, 2.45) is 5.73 Å². The number of hydrogen-bond donors (Lipinski definition) is 3. The minimum absolute atomic E-state index is 0.00729. The third-order valence-electron chi connectivity index (χ3n) is 4.98. The molecular weight excluding hydrogens is 390 g/mol. The number of nitrogens with one attached hydrogen (secondary N) is 1. The van der Waals surface area contributed by atoms with E-state index in [1.807, 2.05) is 6.92 Å². The quantitative estimate of drug-likeness (QED) is 0.611. The number of anilines is 1. The van der Waals surface area contributed by atoms with Gasteiger partial charge in [0.25, 0.3) is 0 Å². The lowest BCUT2D eigenvalue weighted by atomic mass is 10.0. The standard InChI is InChI=1S/C21H22F2N6O/c1-2-26-20-12(8-24)6-18-16(23)10-28-29(18)17-4-3-15(22)5-14(17)11-30-19-7-13(20)9-27-21(19)25/h3-5,7,9-10,26H,2,6,8,11,24H2,1H3,(H2,25,27)/b20-12-. The second-order valence-electron chi connectivity index (χ2n) is 6.91. The minimum atomic E-state index is -0.471. The van der Waals surface area contributed by atoms with Crippen LogP contribution in [0.3, 0.4) is 0 Å². The Balaban J connectivity index is 1.98. The molecule has 0 atom stereocenters. The zero-order valence-corrected chi connectivity index (χ0v) is 16.5. The van der Waals surface area contributed by atoms with Crippen molar-refractivity contribution in [1.29, 1.82) is 0 Å². The summed E-state index contributed by atoms with van der Waals surface area (Å²) >= 11 is 0. The van der Waals surface area contributed by atoms with Crippen LogP contribution in [0.4, 0.5) is 14.6 Å². The van der Waals surface area contributed by atoms with Gasteiger partial charge in [0.15, 0.2) is 17.4 Å². The molecule has 0 unspecified atom stereocenters. The predicted molar refractivity (Wildman–Crippen MR) is 110 cm³/mol. The van der Waals surface area contributed by atoms with Gasteiger partial charge in [0.05, 0.1) is 17.6 Å². The number of benzene rings is 1. The van der Waals surface area contributed by atoms with Crippen molar-refractivity contribution in [3.8, 4) is 11.4 Å². The Hall–Kier alpha value is -3.46. The van der Waals surface area contributed by atoms with Crippen LogP contribution in [0.1, 0.15) is 23.7 Å². The van der Waals surface area contributed by atoms with Gasteiger partial charge in [-0.1, -0.05) is 0 Å². The van der Waals surface area contributed by atoms with E-state index in [9.17, 15) is 8.78 Å². The van der Waals surface area contributed by atoms with E-state index in [0.717, 1.165) is 17.5 Å². The number of nitrogens with zero attached hydrogens (tertiary/aromatic N) is 3. The Morgan fingerprint density at radius 3 is 2.83 bits per heavy atom. The lowest BCUT2D eigenvalue weighted by molar-refractivity contribution is 0.305. The molecule has 2 aromatic heterocycles. The summed E-state index contributed by atoms with van der Waals surface area (Å²) < 4.78 is 36.0. The largest absolute Gasteiger partial charge is 0.485 e. The number of ether oxygens (including phenoxy) is 1. The molecule has 156 valence electrons. The van der Waals surface area contributed by atoms with E-state index < -0.39 is 11.6 Å². The Morgan fingerprint density at radius 1 is 1.23 bits per heavy atom. The number of aromatic nitrogens is 3. The highest BCUT2D eigenvalue weighted by atomic mass is 19.1. The van der Waals surface area contributed by atoms with Crippen molar-refractivity contribution in [2.75, 3.05) is 18.8 Å². The SMILES string of the molecule is CCN/C1=C(\CN)Cc2c(F)cnn2-c2ccc(F)cc2COc2cc1cnc2N. The van der Waals surface area contributed by atoms with E-state index in [2.05, 4.69) is 15.4 Å². The minimum Gasteiger partial charge on any atom is -0.485 e. The summed E-state index contributed by atoms with van der Waals surface area (Å²) in [7, 11) is 0. The second-order valence-corrected chi connectivity index (χ2v) is 6.91. The van der Waals surface area contributed by atoms with Crippen LogP contribution in [0.15, 0.2) is 42.2 Å². The first kappa shape index (κ1) is 19.8. The van der Waals surface area contributed by atoms with Gasteiger partial charge in [0.1, 0.15) is 12.4 Å². The monoisotopic (exact) mass is 412 g/mol. The number of nitrogen functional groups attached to an aromatic ring is 1. The van der Waals surface area contributed by atoms with Gasteiger partial charge < -0.3 is 21.5 Å². The normalized spacial score (nSPS) is 16.0. The molecule has 0 amide bonds. The van der Waals surface area contributed by atoms with Crippen molar-refractivity contribution < 1.29 is 13.5 Å². The van der Waals surface area contributed by atoms with Gasteiger partial charge in [-0.3, -0.25) is 0 Å². The van der Waals surface area contributed by atoms with Crippen LogP contribution < -0.4 is 21.5 Å². The molecule has 5 N–H and O–H groups in total. The van der Waals surface area contributed by atoms with Crippen LogP contribution >= 0.6 is 0 Å². The van der Waals surface area contributed by atoms with Gasteiger partial charge in [-0.15, -0.1) is 0 Å². The lowest BCUT2D eigenvalue weighted by Gasteiger charge is -2.20. The molecule has 4 rings (SSSR count). The van der Waals surface area contributed by atoms with E-state index in [1.54, 1.807) is 18.3 Å². The highest BCUT2D eigenvalue weighted by Crippen LogP contribution is 2.30. The summed E-state index contributed by atoms with van der Waals surface area (Å²) in [5.41, 5.74) is 15.6. The molecule has 0 spiro atoms. The molecule has 0 fully saturated rings. The number of nitrogens with two attached hydrogens (primary N) is 2. The van der Waals surface area contributed by atoms with E-state index in [0.29, 0.717) is 34.8 Å². The van der Waals surface area contributed by atoms with Crippen LogP contribution in [-0.4, -0.2) is 27.9 Å². The Morgan fingerprint density at radius 2 is 2.07 bits per heavy atom. The molecule has 2 bridgehead atoms. The number of halogens is 2. The van der Waals surface area contributed by atoms with Crippen molar-refractivity contribution in [2.45, 2.75) is 20.0 Å². The summed E-state index contributed by atoms with van der Waals surface area (Å²) in [5.74, 6) is -0.330. The van der Waals surface area contributed by atoms with Crippen molar-refractivity contribution in [3.05, 3.63) is 70.7 Å². The van der Waals surface area contributed by atoms with Crippen molar-refractivity contribution in [1.82, 2.24) is 20.1 Å². The number of rotatable bonds is 3. The van der Waals surface area contributed by atoms with Crippen LogP contribution in [0.25, 0.3) is 11.4 Å². The first-order chi connectivity index (χ1) is 14.5. The van der Waals surface area contributed by atoms with Crippen LogP contribution in [0.5, 0.6) is 5.75 Å². The smallest absolute Gasteiger partial charge is 0.166 e. The third-order valence-corrected chi connectivity index (χ3v) is 4.98. The average molecular weight is 412 g/mol. The predicted octanol–water partition coefficient (Wildman–Crippen LogP) is 2.54. The van der Waals surface area contributed by atoms with E-state index >= 15 is 0 Å². The van der Waals surface area contributed by atoms with Gasteiger partial charge in [-0.25, -0.2) is 18.4 Å². The van der Waals surface area contributed by atoms with Gasteiger partial charge >= 0.3 is 0 Å². The Kier molecular flexibility index (Phi) is 5.37. The highest BCUT2D eigenvalue weighted by Gasteiger charge is 2.21. The van der Waals surface area contributed by atoms with Gasteiger partial charge in [-0.05, 0) is 36.8 Å². The van der Waals surface area contributed by atoms with Crippen LogP contribution in [-0.2, 0) is 13.0 Å². The summed E-state index contributed by atoms with van der Waals surface area (Å²) in [5, 5.41) is 7.48. The maximum Gasteiger partial charge on any atom is 0.166 e. The average Bonchev–Trinajstić information content (AvgIpc) is 3.09. The summed E-state index contributed by atoms with van der Waals surface area (Å²) in [6.07, 6.45) is 2.97. The molecule has 0 aliphatic carbocycles. The fourth-order valence-corrected chi connectivity index (χ4v) is 3.53. The van der Waals surface area contributed by atoms with Gasteiger partial charge in [-0.2, -0.15) is 5.10 Å². The fraction of sp³-hybridized carbons (Fsp3) is 0.238. The molecule has 0 saturated heterocycles. The topological polar surface area (TPSA) is 104 Å². The molecule has 1 aliphatic rings. The van der Waals surface area contributed by atoms with Crippen molar-refractivity contribution >= 4 is 11.5 Å². The number of fused-ring (bicyclic) bond motifs is 5. The highest BCUT2D eigenvalue weighted by molar-refractivity contribution is 5.70. The molecule has 0 saturated carbocycles. The van der Waals surface area contributed by atoms with Crippen molar-refractivity contribution in [3.63, 3.8) is 0 Å². The van der Waals surface area contributed by atoms with Gasteiger partial charge in [0.2, 0.25) is 0 Å². The molecule has 7 nitrogen and oxygen atoms in total. The summed E-state index contributed by atoms with van der Waals surface area (Å²) in [6.45, 7) is 2.77. The first-order valence-electron chi connectivity index (χ1n) is 9.57. The molecule has 0 radical (unpaired) electrons.